The lowest BCUT2D eigenvalue weighted by molar-refractivity contribution is -0.876. The average Bonchev–Trinajstić information content (AvgIpc) is 2.02. The van der Waals surface area contributed by atoms with Gasteiger partial charge in [-0.15, -0.1) is 0 Å². The topological polar surface area (TPSA) is 12.4 Å². The molecule has 0 atom stereocenters. The molecule has 0 aromatic heterocycles. The lowest BCUT2D eigenvalue weighted by Crippen LogP contribution is -2.27. The van der Waals surface area contributed by atoms with Crippen LogP contribution in [0.4, 0.5) is 0 Å². The molecular weight excluding hydrogens is 184 g/mol. The predicted molar refractivity (Wildman–Crippen MR) is 57.1 cm³/mol. The standard InChI is InChI=1S/C10H14ClN2/c1-13(2,3)12-8-9-4-6-10(11)7-5-9/h4-8H,1-3H3/q+1/b12-8+. The molecule has 0 N–H and O–H groups in total. The van der Waals surface area contributed by atoms with Gasteiger partial charge in [-0.25, -0.2) is 4.59 Å². The molecule has 70 valence electrons. The van der Waals surface area contributed by atoms with E-state index >= 15 is 0 Å². The fourth-order valence-corrected chi connectivity index (χ4v) is 0.915. The second kappa shape index (κ2) is 3.90. The molecule has 1 rings (SSSR count). The van der Waals surface area contributed by atoms with Gasteiger partial charge in [-0.1, -0.05) is 28.8 Å². The van der Waals surface area contributed by atoms with Gasteiger partial charge in [0.25, 0.3) is 0 Å². The zero-order chi connectivity index (χ0) is 9.90. The van der Waals surface area contributed by atoms with Gasteiger partial charge in [-0.05, 0) is 17.7 Å². The van der Waals surface area contributed by atoms with Crippen LogP contribution in [0.1, 0.15) is 5.56 Å². The van der Waals surface area contributed by atoms with Crippen LogP contribution in [0.25, 0.3) is 0 Å². The largest absolute Gasteiger partial charge is 0.205 e. The highest BCUT2D eigenvalue weighted by Crippen LogP contribution is 2.08. The molecule has 0 fully saturated rings. The number of quaternary nitrogens is 1. The molecule has 0 saturated heterocycles. The number of nitrogens with zero attached hydrogens (tertiary/aromatic N) is 2. The Bertz CT molecular complexity index is 296. The van der Waals surface area contributed by atoms with E-state index in [0.717, 1.165) is 10.6 Å². The SMILES string of the molecule is C[N+](C)(C)/N=C/c1ccc(Cl)cc1. The lowest BCUT2D eigenvalue weighted by Gasteiger charge is -2.14. The van der Waals surface area contributed by atoms with Crippen LogP contribution < -0.4 is 0 Å². The summed E-state index contributed by atoms with van der Waals surface area (Å²) in [6.07, 6.45) is 1.84. The average molecular weight is 198 g/mol. The van der Waals surface area contributed by atoms with E-state index < -0.39 is 0 Å². The Kier molecular flexibility index (Phi) is 3.07. The first-order valence-electron chi connectivity index (χ1n) is 4.10. The van der Waals surface area contributed by atoms with Gasteiger partial charge in [0.2, 0.25) is 0 Å². The first-order chi connectivity index (χ1) is 5.97. The molecule has 0 aliphatic heterocycles. The molecule has 1 aromatic rings. The highest BCUT2D eigenvalue weighted by molar-refractivity contribution is 6.30. The van der Waals surface area contributed by atoms with E-state index in [1.54, 1.807) is 0 Å². The number of hydrogen-bond acceptors (Lipinski definition) is 1. The summed E-state index contributed by atoms with van der Waals surface area (Å²) in [5.74, 6) is 0. The summed E-state index contributed by atoms with van der Waals surface area (Å²) < 4.78 is 0.572. The number of rotatable bonds is 2. The van der Waals surface area contributed by atoms with E-state index in [1.807, 2.05) is 51.6 Å². The van der Waals surface area contributed by atoms with Crippen molar-refractivity contribution in [2.75, 3.05) is 21.1 Å². The molecule has 2 nitrogen and oxygen atoms in total. The van der Waals surface area contributed by atoms with Crippen molar-refractivity contribution in [1.29, 1.82) is 0 Å². The fourth-order valence-electron chi connectivity index (χ4n) is 0.789. The van der Waals surface area contributed by atoms with E-state index in [1.165, 1.54) is 0 Å². The van der Waals surface area contributed by atoms with Crippen LogP contribution in [0.2, 0.25) is 5.02 Å². The molecular formula is C10H14ClN2+. The highest BCUT2D eigenvalue weighted by Gasteiger charge is 2.01. The molecule has 0 heterocycles. The van der Waals surface area contributed by atoms with Crippen molar-refractivity contribution in [3.63, 3.8) is 0 Å². The van der Waals surface area contributed by atoms with Gasteiger partial charge in [0.15, 0.2) is 0 Å². The number of halogens is 1. The Morgan fingerprint density at radius 1 is 1.15 bits per heavy atom. The molecule has 0 bridgehead atoms. The summed E-state index contributed by atoms with van der Waals surface area (Å²) in [6.45, 7) is 0. The smallest absolute Gasteiger partial charge is 0.0923 e. The molecule has 0 amide bonds. The minimum absolute atomic E-state index is 0.572. The Morgan fingerprint density at radius 3 is 2.15 bits per heavy atom. The molecule has 13 heavy (non-hydrogen) atoms. The molecule has 0 aliphatic rings. The van der Waals surface area contributed by atoms with E-state index in [2.05, 4.69) is 5.10 Å². The fraction of sp³-hybridized carbons (Fsp3) is 0.300. The van der Waals surface area contributed by atoms with Crippen LogP contribution in [0.3, 0.4) is 0 Å². The van der Waals surface area contributed by atoms with E-state index in [4.69, 9.17) is 11.6 Å². The molecule has 0 spiro atoms. The Balaban J connectivity index is 2.75. The van der Waals surface area contributed by atoms with Crippen molar-refractivity contribution in [2.45, 2.75) is 0 Å². The molecule has 0 aliphatic carbocycles. The Hall–Kier alpha value is -0.860. The minimum Gasteiger partial charge on any atom is -0.205 e. The number of hydrogen-bond donors (Lipinski definition) is 0. The van der Waals surface area contributed by atoms with Crippen LogP contribution in [-0.2, 0) is 0 Å². The van der Waals surface area contributed by atoms with Gasteiger partial charge in [0.1, 0.15) is 0 Å². The van der Waals surface area contributed by atoms with Crippen molar-refractivity contribution in [3.05, 3.63) is 34.9 Å². The van der Waals surface area contributed by atoms with Crippen molar-refractivity contribution in [1.82, 2.24) is 0 Å². The zero-order valence-corrected chi connectivity index (χ0v) is 8.92. The Morgan fingerprint density at radius 2 is 1.69 bits per heavy atom. The quantitative estimate of drug-likeness (QED) is 0.392. The summed E-state index contributed by atoms with van der Waals surface area (Å²) in [5, 5.41) is 5.08. The van der Waals surface area contributed by atoms with E-state index in [0.29, 0.717) is 4.59 Å². The van der Waals surface area contributed by atoms with Crippen molar-refractivity contribution >= 4 is 17.8 Å². The maximum Gasteiger partial charge on any atom is 0.0923 e. The third kappa shape index (κ3) is 4.06. The minimum atomic E-state index is 0.572. The maximum atomic E-state index is 5.75. The molecule has 0 saturated carbocycles. The van der Waals surface area contributed by atoms with Gasteiger partial charge in [-0.3, -0.25) is 0 Å². The summed E-state index contributed by atoms with van der Waals surface area (Å²) >= 11 is 5.75. The van der Waals surface area contributed by atoms with Crippen molar-refractivity contribution < 1.29 is 4.59 Å². The van der Waals surface area contributed by atoms with Gasteiger partial charge < -0.3 is 0 Å². The van der Waals surface area contributed by atoms with Gasteiger partial charge in [-0.2, -0.15) is 0 Å². The van der Waals surface area contributed by atoms with Gasteiger partial charge >= 0.3 is 0 Å². The van der Waals surface area contributed by atoms with Crippen LogP contribution in [-0.4, -0.2) is 31.9 Å². The van der Waals surface area contributed by atoms with Crippen LogP contribution in [0.5, 0.6) is 0 Å². The van der Waals surface area contributed by atoms with Crippen LogP contribution in [0, 0.1) is 0 Å². The normalized spacial score (nSPS) is 12.3. The van der Waals surface area contributed by atoms with Gasteiger partial charge in [0.05, 0.1) is 27.4 Å². The summed E-state index contributed by atoms with van der Waals surface area (Å²) in [4.78, 5) is 0. The zero-order valence-electron chi connectivity index (χ0n) is 8.16. The second-order valence-electron chi connectivity index (χ2n) is 3.74. The van der Waals surface area contributed by atoms with Crippen molar-refractivity contribution in [3.8, 4) is 0 Å². The third-order valence-corrected chi connectivity index (χ3v) is 1.68. The first kappa shape index (κ1) is 10.2. The Labute approximate surface area is 84.0 Å². The van der Waals surface area contributed by atoms with Crippen LogP contribution >= 0.6 is 11.6 Å². The predicted octanol–water partition coefficient (Wildman–Crippen LogP) is 2.38. The number of benzene rings is 1. The third-order valence-electron chi connectivity index (χ3n) is 1.42. The first-order valence-corrected chi connectivity index (χ1v) is 4.48. The maximum absolute atomic E-state index is 5.75. The van der Waals surface area contributed by atoms with E-state index in [9.17, 15) is 0 Å². The summed E-state index contributed by atoms with van der Waals surface area (Å²) in [5.41, 5.74) is 1.07. The summed E-state index contributed by atoms with van der Waals surface area (Å²) in [7, 11) is 6.02. The molecule has 3 heteroatoms. The van der Waals surface area contributed by atoms with Crippen LogP contribution in [0.15, 0.2) is 29.4 Å². The van der Waals surface area contributed by atoms with Gasteiger partial charge in [0, 0.05) is 5.02 Å². The molecule has 1 aromatic carbocycles. The lowest BCUT2D eigenvalue weighted by atomic mass is 10.2. The monoisotopic (exact) mass is 197 g/mol. The highest BCUT2D eigenvalue weighted by atomic mass is 35.5. The summed E-state index contributed by atoms with van der Waals surface area (Å²) in [6, 6.07) is 7.61. The van der Waals surface area contributed by atoms with E-state index in [-0.39, 0.29) is 0 Å². The molecule has 0 radical (unpaired) electrons. The molecule has 0 unspecified atom stereocenters. The second-order valence-corrected chi connectivity index (χ2v) is 4.17. The van der Waals surface area contributed by atoms with Crippen molar-refractivity contribution in [2.24, 2.45) is 5.10 Å².